The van der Waals surface area contributed by atoms with Gasteiger partial charge in [-0.05, 0) is 48.1 Å². The summed E-state index contributed by atoms with van der Waals surface area (Å²) in [7, 11) is -0.634. The molecule has 3 aromatic carbocycles. The fourth-order valence-corrected chi connectivity index (χ4v) is 4.86. The molecule has 0 aliphatic heterocycles. The highest BCUT2D eigenvalue weighted by molar-refractivity contribution is 7.71. The smallest absolute Gasteiger partial charge is 0.0396 e. The predicted molar refractivity (Wildman–Crippen MR) is 110 cm³/mol. The molecule has 0 fully saturated rings. The second kappa shape index (κ2) is 8.40. The van der Waals surface area contributed by atoms with Gasteiger partial charge in [0.05, 0.1) is 0 Å². The van der Waals surface area contributed by atoms with Crippen LogP contribution in [0, 0.1) is 20.8 Å². The molecule has 0 atom stereocenters. The van der Waals surface area contributed by atoms with Crippen molar-refractivity contribution in [2.75, 3.05) is 0 Å². The summed E-state index contributed by atoms with van der Waals surface area (Å²) in [5, 5.41) is 6.21. The molecule has 0 amide bonds. The van der Waals surface area contributed by atoms with Crippen molar-refractivity contribution < 1.29 is 0 Å². The zero-order valence-electron chi connectivity index (χ0n) is 15.1. The fraction of sp³-hybridized carbons (Fsp3) is 0.182. The van der Waals surface area contributed by atoms with E-state index in [-0.39, 0.29) is 0 Å². The van der Waals surface area contributed by atoms with Crippen LogP contribution < -0.4 is 21.2 Å². The predicted octanol–water partition coefficient (Wildman–Crippen LogP) is 4.25. The molecular formula is C22H25N2P. The third-order valence-corrected chi connectivity index (χ3v) is 6.34. The summed E-state index contributed by atoms with van der Waals surface area (Å²) < 4.78 is 0. The lowest BCUT2D eigenvalue weighted by Crippen LogP contribution is -2.34. The van der Waals surface area contributed by atoms with Crippen LogP contribution in [0.4, 0.5) is 0 Å². The molecule has 25 heavy (non-hydrogen) atoms. The molecule has 0 saturated heterocycles. The van der Waals surface area contributed by atoms with Crippen LogP contribution in [0.2, 0.25) is 0 Å². The summed E-state index contributed by atoms with van der Waals surface area (Å²) in [5.41, 5.74) is 8.86. The first-order chi connectivity index (χ1) is 12.1. The minimum atomic E-state index is -0.634. The van der Waals surface area contributed by atoms with E-state index in [0.717, 1.165) is 6.54 Å². The van der Waals surface area contributed by atoms with Gasteiger partial charge in [-0.1, -0.05) is 78.4 Å². The highest BCUT2D eigenvalue weighted by atomic mass is 31.1. The van der Waals surface area contributed by atoms with Crippen molar-refractivity contribution in [3.8, 4) is 0 Å². The summed E-state index contributed by atoms with van der Waals surface area (Å²) >= 11 is 0. The van der Waals surface area contributed by atoms with Gasteiger partial charge in [0.15, 0.2) is 0 Å². The first-order valence-electron chi connectivity index (χ1n) is 8.60. The van der Waals surface area contributed by atoms with Crippen molar-refractivity contribution in [2.45, 2.75) is 27.3 Å². The Labute approximate surface area is 152 Å². The fourth-order valence-electron chi connectivity index (χ4n) is 3.13. The van der Waals surface area contributed by atoms with Gasteiger partial charge in [-0.3, -0.25) is 0 Å². The quantitative estimate of drug-likeness (QED) is 0.514. The highest BCUT2D eigenvalue weighted by Crippen LogP contribution is 2.27. The van der Waals surface area contributed by atoms with Gasteiger partial charge in [-0.15, -0.1) is 0 Å². The van der Waals surface area contributed by atoms with E-state index in [1.165, 1.54) is 32.9 Å². The van der Waals surface area contributed by atoms with Gasteiger partial charge < -0.3 is 0 Å². The number of nitrogens with one attached hydrogen (secondary N) is 2. The van der Waals surface area contributed by atoms with Crippen molar-refractivity contribution >= 4 is 18.7 Å². The Kier molecular flexibility index (Phi) is 5.99. The molecule has 0 aliphatic rings. The Morgan fingerprint density at radius 3 is 1.68 bits per heavy atom. The SMILES string of the molecule is Cc1cc(C)c(CNNP(c2ccccc2)c2ccccc2)c(C)c1. The van der Waals surface area contributed by atoms with Gasteiger partial charge in [-0.25, -0.2) is 10.6 Å². The number of hydrogen-bond acceptors (Lipinski definition) is 2. The average Bonchev–Trinajstić information content (AvgIpc) is 2.62. The summed E-state index contributed by atoms with van der Waals surface area (Å²) in [4.78, 5) is 0. The Bertz CT molecular complexity index is 753. The summed E-state index contributed by atoms with van der Waals surface area (Å²) in [6.07, 6.45) is 0. The zero-order chi connectivity index (χ0) is 17.6. The molecule has 3 rings (SSSR count). The standard InChI is InChI=1S/C22H25N2P/c1-17-14-18(2)22(19(3)15-17)16-23-24-25(20-10-6-4-7-11-20)21-12-8-5-9-13-21/h4-15,23-24H,16H2,1-3H3. The molecule has 0 unspecified atom stereocenters. The molecule has 0 bridgehead atoms. The second-order valence-corrected chi connectivity index (χ2v) is 8.28. The minimum absolute atomic E-state index is 0.634. The molecule has 0 heterocycles. The lowest BCUT2D eigenvalue weighted by molar-refractivity contribution is 0.675. The van der Waals surface area contributed by atoms with Crippen LogP contribution in [-0.4, -0.2) is 0 Å². The first kappa shape index (κ1) is 17.8. The van der Waals surface area contributed by atoms with Crippen LogP contribution in [0.5, 0.6) is 0 Å². The van der Waals surface area contributed by atoms with E-state index in [9.17, 15) is 0 Å². The van der Waals surface area contributed by atoms with Crippen LogP contribution >= 0.6 is 8.07 Å². The number of rotatable bonds is 6. The molecule has 3 aromatic rings. The monoisotopic (exact) mass is 348 g/mol. The maximum atomic E-state index is 3.58. The lowest BCUT2D eigenvalue weighted by atomic mass is 10.0. The van der Waals surface area contributed by atoms with Crippen molar-refractivity contribution in [3.05, 3.63) is 95.1 Å². The normalized spacial score (nSPS) is 11.0. The maximum absolute atomic E-state index is 3.58. The van der Waals surface area contributed by atoms with Crippen LogP contribution in [0.15, 0.2) is 72.8 Å². The number of aryl methyl sites for hydroxylation is 3. The largest absolute Gasteiger partial charge is 0.249 e. The molecule has 0 spiro atoms. The highest BCUT2D eigenvalue weighted by Gasteiger charge is 2.13. The van der Waals surface area contributed by atoms with Crippen molar-refractivity contribution in [2.24, 2.45) is 0 Å². The van der Waals surface area contributed by atoms with Gasteiger partial charge >= 0.3 is 0 Å². The second-order valence-electron chi connectivity index (χ2n) is 6.35. The molecule has 0 aromatic heterocycles. The molecule has 0 radical (unpaired) electrons. The number of hydrazine groups is 1. The Morgan fingerprint density at radius 2 is 1.20 bits per heavy atom. The maximum Gasteiger partial charge on any atom is 0.0396 e. The molecule has 3 heteroatoms. The van der Waals surface area contributed by atoms with Crippen LogP contribution in [-0.2, 0) is 6.54 Å². The molecular weight excluding hydrogens is 323 g/mol. The minimum Gasteiger partial charge on any atom is -0.249 e. The summed E-state index contributed by atoms with van der Waals surface area (Å²) in [6, 6.07) is 25.8. The van der Waals surface area contributed by atoms with Gasteiger partial charge in [-0.2, -0.15) is 0 Å². The van der Waals surface area contributed by atoms with E-state index in [2.05, 4.69) is 104 Å². The van der Waals surface area contributed by atoms with Gasteiger partial charge in [0.1, 0.15) is 0 Å². The molecule has 0 saturated carbocycles. The van der Waals surface area contributed by atoms with Crippen molar-refractivity contribution in [3.63, 3.8) is 0 Å². The summed E-state index contributed by atoms with van der Waals surface area (Å²) in [6.45, 7) is 7.35. The molecule has 128 valence electrons. The van der Waals surface area contributed by atoms with E-state index in [1.807, 2.05) is 0 Å². The van der Waals surface area contributed by atoms with E-state index in [0.29, 0.717) is 0 Å². The van der Waals surface area contributed by atoms with Gasteiger partial charge in [0, 0.05) is 14.6 Å². The van der Waals surface area contributed by atoms with Crippen LogP contribution in [0.1, 0.15) is 22.3 Å². The van der Waals surface area contributed by atoms with Crippen LogP contribution in [0.3, 0.4) is 0 Å². The van der Waals surface area contributed by atoms with E-state index in [1.54, 1.807) is 0 Å². The summed E-state index contributed by atoms with van der Waals surface area (Å²) in [5.74, 6) is 0. The molecule has 2 N–H and O–H groups in total. The topological polar surface area (TPSA) is 24.1 Å². The first-order valence-corrected chi connectivity index (χ1v) is 9.95. The van der Waals surface area contributed by atoms with E-state index < -0.39 is 8.07 Å². The van der Waals surface area contributed by atoms with Crippen molar-refractivity contribution in [1.82, 2.24) is 10.6 Å². The van der Waals surface area contributed by atoms with Crippen molar-refractivity contribution in [1.29, 1.82) is 0 Å². The Hall–Kier alpha value is -1.99. The van der Waals surface area contributed by atoms with E-state index >= 15 is 0 Å². The third kappa shape index (κ3) is 4.55. The lowest BCUT2D eigenvalue weighted by Gasteiger charge is -2.21. The van der Waals surface area contributed by atoms with E-state index in [4.69, 9.17) is 0 Å². The molecule has 0 aliphatic carbocycles. The third-order valence-electron chi connectivity index (χ3n) is 4.33. The Balaban J connectivity index is 1.76. The number of benzene rings is 3. The number of hydrogen-bond donors (Lipinski definition) is 2. The average molecular weight is 348 g/mol. The van der Waals surface area contributed by atoms with Crippen LogP contribution in [0.25, 0.3) is 0 Å². The van der Waals surface area contributed by atoms with Gasteiger partial charge in [0.25, 0.3) is 0 Å². The zero-order valence-corrected chi connectivity index (χ0v) is 16.0. The van der Waals surface area contributed by atoms with Gasteiger partial charge in [0.2, 0.25) is 0 Å². The Morgan fingerprint density at radius 1 is 0.720 bits per heavy atom. The molecule has 2 nitrogen and oxygen atoms in total.